The van der Waals surface area contributed by atoms with Crippen LogP contribution in [0.5, 0.6) is 5.75 Å². The van der Waals surface area contributed by atoms with Crippen LogP contribution < -0.4 is 10.1 Å². The molecule has 0 radical (unpaired) electrons. The quantitative estimate of drug-likeness (QED) is 0.633. The molecule has 1 N–H and O–H groups in total. The molecular formula is C21H34N4O2. The Balaban J connectivity index is 1.70. The van der Waals surface area contributed by atoms with Crippen LogP contribution in [-0.4, -0.2) is 75.9 Å². The summed E-state index contributed by atoms with van der Waals surface area (Å²) in [5, 5.41) is 3.65. The van der Waals surface area contributed by atoms with E-state index in [1.54, 1.807) is 7.11 Å². The first-order valence-corrected chi connectivity index (χ1v) is 10.1. The number of guanidine groups is 1. The second-order valence-corrected chi connectivity index (χ2v) is 7.56. The van der Waals surface area contributed by atoms with Gasteiger partial charge < -0.3 is 19.7 Å². The molecule has 1 aromatic carbocycles. The molecule has 0 aromatic heterocycles. The van der Waals surface area contributed by atoms with Crippen molar-refractivity contribution in [1.82, 2.24) is 15.1 Å². The fourth-order valence-electron chi connectivity index (χ4n) is 4.07. The van der Waals surface area contributed by atoms with E-state index >= 15 is 0 Å². The summed E-state index contributed by atoms with van der Waals surface area (Å²) in [4.78, 5) is 9.46. The topological polar surface area (TPSA) is 49.3 Å². The van der Waals surface area contributed by atoms with Gasteiger partial charge >= 0.3 is 0 Å². The molecule has 1 aromatic rings. The zero-order valence-corrected chi connectivity index (χ0v) is 17.0. The average Bonchev–Trinajstić information content (AvgIpc) is 2.72. The van der Waals surface area contributed by atoms with Crippen molar-refractivity contribution in [3.63, 3.8) is 0 Å². The lowest BCUT2D eigenvalue weighted by atomic mass is 10.0. The highest BCUT2D eigenvalue weighted by Gasteiger charge is 2.25. The van der Waals surface area contributed by atoms with Gasteiger partial charge in [0.2, 0.25) is 0 Å². The van der Waals surface area contributed by atoms with Crippen LogP contribution in [0.2, 0.25) is 0 Å². The molecule has 0 aliphatic carbocycles. The number of rotatable bonds is 5. The summed E-state index contributed by atoms with van der Waals surface area (Å²) in [6.45, 7) is 8.85. The van der Waals surface area contributed by atoms with Gasteiger partial charge in [-0.2, -0.15) is 0 Å². The number of ether oxygens (including phenoxy) is 2. The first-order valence-electron chi connectivity index (χ1n) is 10.1. The van der Waals surface area contributed by atoms with Crippen LogP contribution in [0.3, 0.4) is 0 Å². The summed E-state index contributed by atoms with van der Waals surface area (Å²) >= 11 is 0. The number of hydrogen-bond acceptors (Lipinski definition) is 4. The van der Waals surface area contributed by atoms with Gasteiger partial charge in [-0.1, -0.05) is 19.1 Å². The van der Waals surface area contributed by atoms with Crippen LogP contribution >= 0.6 is 0 Å². The molecule has 6 heteroatoms. The van der Waals surface area contributed by atoms with E-state index in [9.17, 15) is 0 Å². The summed E-state index contributed by atoms with van der Waals surface area (Å²) in [7, 11) is 3.60. The molecule has 6 nitrogen and oxygen atoms in total. The van der Waals surface area contributed by atoms with Crippen molar-refractivity contribution in [2.24, 2.45) is 10.9 Å². The number of methoxy groups -OCH3 is 1. The summed E-state index contributed by atoms with van der Waals surface area (Å²) in [5.41, 5.74) is 1.30. The molecule has 2 aliphatic heterocycles. The molecule has 0 amide bonds. The van der Waals surface area contributed by atoms with Gasteiger partial charge in [0.05, 0.1) is 26.4 Å². The second kappa shape index (κ2) is 9.95. The zero-order chi connectivity index (χ0) is 19.1. The molecule has 0 spiro atoms. The first-order chi connectivity index (χ1) is 13.2. The van der Waals surface area contributed by atoms with Crippen molar-refractivity contribution >= 4 is 5.96 Å². The Morgan fingerprint density at radius 2 is 2.00 bits per heavy atom. The normalized spacial score (nSPS) is 23.1. The highest BCUT2D eigenvalue weighted by molar-refractivity contribution is 5.80. The number of morpholine rings is 1. The zero-order valence-electron chi connectivity index (χ0n) is 17.0. The minimum atomic E-state index is 0.291. The number of benzene rings is 1. The predicted molar refractivity (Wildman–Crippen MR) is 109 cm³/mol. The maximum Gasteiger partial charge on any atom is 0.193 e. The Bertz CT molecular complexity index is 599. The van der Waals surface area contributed by atoms with Gasteiger partial charge in [-0.25, -0.2) is 0 Å². The minimum absolute atomic E-state index is 0.291. The van der Waals surface area contributed by atoms with E-state index in [0.29, 0.717) is 6.04 Å². The van der Waals surface area contributed by atoms with Gasteiger partial charge in [-0.15, -0.1) is 0 Å². The van der Waals surface area contributed by atoms with Crippen molar-refractivity contribution in [2.45, 2.75) is 25.8 Å². The highest BCUT2D eigenvalue weighted by Crippen LogP contribution is 2.24. The summed E-state index contributed by atoms with van der Waals surface area (Å²) < 4.78 is 10.9. The summed E-state index contributed by atoms with van der Waals surface area (Å²) in [6.07, 6.45) is 2.56. The van der Waals surface area contributed by atoms with Crippen LogP contribution in [0.15, 0.2) is 29.3 Å². The van der Waals surface area contributed by atoms with E-state index in [4.69, 9.17) is 9.47 Å². The fourth-order valence-corrected chi connectivity index (χ4v) is 4.07. The van der Waals surface area contributed by atoms with E-state index in [1.165, 1.54) is 18.4 Å². The lowest BCUT2D eigenvalue weighted by Gasteiger charge is -2.37. The van der Waals surface area contributed by atoms with Gasteiger partial charge in [0, 0.05) is 39.8 Å². The molecule has 3 rings (SSSR count). The van der Waals surface area contributed by atoms with Crippen molar-refractivity contribution in [3.05, 3.63) is 29.8 Å². The Kier molecular flexibility index (Phi) is 7.35. The van der Waals surface area contributed by atoms with E-state index < -0.39 is 0 Å². The van der Waals surface area contributed by atoms with Crippen LogP contribution in [0.1, 0.15) is 31.4 Å². The molecule has 150 valence electrons. The third-order valence-corrected chi connectivity index (χ3v) is 5.61. The Morgan fingerprint density at radius 3 is 2.63 bits per heavy atom. The van der Waals surface area contributed by atoms with Crippen molar-refractivity contribution in [1.29, 1.82) is 0 Å². The van der Waals surface area contributed by atoms with Gasteiger partial charge in [0.15, 0.2) is 5.96 Å². The van der Waals surface area contributed by atoms with E-state index in [1.807, 2.05) is 19.2 Å². The molecule has 2 atom stereocenters. The minimum Gasteiger partial charge on any atom is -0.497 e. The Hall–Kier alpha value is -1.79. The van der Waals surface area contributed by atoms with Crippen molar-refractivity contribution < 1.29 is 9.47 Å². The lowest BCUT2D eigenvalue weighted by molar-refractivity contribution is 0.0168. The third-order valence-electron chi connectivity index (χ3n) is 5.61. The van der Waals surface area contributed by atoms with Gasteiger partial charge in [-0.05, 0) is 36.5 Å². The number of nitrogens with zero attached hydrogens (tertiary/aromatic N) is 3. The number of aliphatic imine (C=N–C) groups is 1. The number of likely N-dealkylation sites (tertiary alicyclic amines) is 1. The molecule has 2 heterocycles. The number of hydrogen-bond donors (Lipinski definition) is 1. The molecular weight excluding hydrogens is 340 g/mol. The molecule has 0 saturated carbocycles. The molecule has 27 heavy (non-hydrogen) atoms. The van der Waals surface area contributed by atoms with Crippen LogP contribution in [0, 0.1) is 5.92 Å². The van der Waals surface area contributed by atoms with Crippen LogP contribution in [0.25, 0.3) is 0 Å². The van der Waals surface area contributed by atoms with Gasteiger partial charge in [-0.3, -0.25) is 9.89 Å². The molecule has 2 fully saturated rings. The SMILES string of the molecule is CN=C(NCC(c1ccc(OC)cc1)N1CCOCC1)N1CCCC(C)C1. The second-order valence-electron chi connectivity index (χ2n) is 7.56. The van der Waals surface area contributed by atoms with E-state index in [-0.39, 0.29) is 0 Å². The lowest BCUT2D eigenvalue weighted by Crippen LogP contribution is -2.49. The monoisotopic (exact) mass is 374 g/mol. The predicted octanol–water partition coefficient (Wildman–Crippen LogP) is 2.38. The number of piperidine rings is 1. The van der Waals surface area contributed by atoms with E-state index in [2.05, 4.69) is 39.2 Å². The smallest absolute Gasteiger partial charge is 0.193 e. The molecule has 0 bridgehead atoms. The standard InChI is InChI=1S/C21H34N4O2/c1-17-5-4-10-25(16-17)21(22-2)23-15-20(24-11-13-27-14-12-24)18-6-8-19(26-3)9-7-18/h6-9,17,20H,4-5,10-16H2,1-3H3,(H,22,23). The molecule has 2 unspecified atom stereocenters. The summed E-state index contributed by atoms with van der Waals surface area (Å²) in [5.74, 6) is 2.65. The maximum atomic E-state index is 5.56. The number of nitrogens with one attached hydrogen (secondary N) is 1. The Morgan fingerprint density at radius 1 is 1.26 bits per heavy atom. The first kappa shape index (κ1) is 20.0. The third kappa shape index (κ3) is 5.36. The molecule has 2 saturated heterocycles. The largest absolute Gasteiger partial charge is 0.497 e. The average molecular weight is 375 g/mol. The van der Waals surface area contributed by atoms with E-state index in [0.717, 1.165) is 63.6 Å². The van der Waals surface area contributed by atoms with Gasteiger partial charge in [0.1, 0.15) is 5.75 Å². The van der Waals surface area contributed by atoms with Gasteiger partial charge in [0.25, 0.3) is 0 Å². The highest BCUT2D eigenvalue weighted by atomic mass is 16.5. The van der Waals surface area contributed by atoms with Crippen LogP contribution in [-0.2, 0) is 4.74 Å². The van der Waals surface area contributed by atoms with Crippen LogP contribution in [0.4, 0.5) is 0 Å². The molecule has 2 aliphatic rings. The maximum absolute atomic E-state index is 5.56. The fraction of sp³-hybridized carbons (Fsp3) is 0.667. The van der Waals surface area contributed by atoms with Crippen molar-refractivity contribution in [2.75, 3.05) is 60.1 Å². The Labute approximate surface area is 163 Å². The summed E-state index contributed by atoms with van der Waals surface area (Å²) in [6, 6.07) is 8.73. The van der Waals surface area contributed by atoms with Crippen molar-refractivity contribution in [3.8, 4) is 5.75 Å².